The fourth-order valence-electron chi connectivity index (χ4n) is 2.26. The normalized spacial score (nSPS) is 9.47. The molecule has 38 heavy (non-hydrogen) atoms. The van der Waals surface area contributed by atoms with Gasteiger partial charge < -0.3 is 40.2 Å². The molecule has 0 saturated carbocycles. The Bertz CT molecular complexity index is 1030. The zero-order valence-electron chi connectivity index (χ0n) is 20.6. The average Bonchev–Trinajstić information content (AvgIpc) is 2.80. The van der Waals surface area contributed by atoms with Crippen molar-refractivity contribution in [2.45, 2.75) is 0 Å². The van der Waals surface area contributed by atoms with Gasteiger partial charge in [0.1, 0.15) is 40.5 Å². The molecule has 0 unspecified atom stereocenters. The molecule has 0 aromatic heterocycles. The minimum absolute atomic E-state index is 0. The Morgan fingerprint density at radius 3 is 0.921 bits per heavy atom. The number of carbonyl (C=O) groups is 3. The summed E-state index contributed by atoms with van der Waals surface area (Å²) >= 11 is 0. The Balaban J connectivity index is 0. The van der Waals surface area contributed by atoms with Crippen molar-refractivity contribution < 1.29 is 54.6 Å². The second-order valence-corrected chi connectivity index (χ2v) is 8.20. The number of hydrogen-bond acceptors (Lipinski definition) is 7. The van der Waals surface area contributed by atoms with E-state index in [1.165, 1.54) is 36.4 Å². The number of phenols is 3. The third-order valence-electron chi connectivity index (χ3n) is 4.17. The number of benzene rings is 3. The van der Waals surface area contributed by atoms with Crippen LogP contribution in [0.4, 0.5) is 0 Å². The van der Waals surface area contributed by atoms with Gasteiger partial charge in [0.05, 0.1) is 27.7 Å². The first-order valence-electron chi connectivity index (χ1n) is 10.7. The van der Waals surface area contributed by atoms with Crippen LogP contribution in [0.15, 0.2) is 72.8 Å². The van der Waals surface area contributed by atoms with Crippen molar-refractivity contribution in [3.8, 4) is 17.2 Å². The number of carboxylic acid groups (broad SMARTS) is 3. The second-order valence-electron chi connectivity index (χ2n) is 8.20. The van der Waals surface area contributed by atoms with Crippen LogP contribution in [0.25, 0.3) is 0 Å². The molecule has 7 N–H and O–H groups in total. The summed E-state index contributed by atoms with van der Waals surface area (Å²) in [6, 6.07) is 17.4. The summed E-state index contributed by atoms with van der Waals surface area (Å²) in [7, 11) is 6.16. The van der Waals surface area contributed by atoms with Gasteiger partial charge in [0.2, 0.25) is 0 Å². The summed E-state index contributed by atoms with van der Waals surface area (Å²) in [6.07, 6.45) is 0. The number of aromatic carboxylic acids is 3. The van der Waals surface area contributed by atoms with Crippen LogP contribution in [0.3, 0.4) is 0 Å². The molecule has 0 bridgehead atoms. The number of quaternary nitrogens is 1. The Morgan fingerprint density at radius 1 is 0.579 bits per heavy atom. The number of para-hydroxylation sites is 3. The fourth-order valence-corrected chi connectivity index (χ4v) is 2.26. The number of aliphatic hydroxyl groups excluding tert-OH is 1. The first-order valence-corrected chi connectivity index (χ1v) is 10.7. The van der Waals surface area contributed by atoms with Crippen LogP contribution >= 0.6 is 0 Å². The number of carboxylic acids is 3. The number of rotatable bonds is 5. The predicted octanol–water partition coefficient (Wildman–Crippen LogP) is 2.04. The maximum Gasteiger partial charge on any atom is 0.339 e. The maximum atomic E-state index is 10.3. The lowest BCUT2D eigenvalue weighted by atomic mass is 10.2. The molecule has 0 saturated heterocycles. The highest BCUT2D eigenvalue weighted by Gasteiger charge is 2.07. The van der Waals surface area contributed by atoms with Gasteiger partial charge in [-0.3, -0.25) is 0 Å². The van der Waals surface area contributed by atoms with Gasteiger partial charge in [-0.15, -0.1) is 0 Å². The van der Waals surface area contributed by atoms with Crippen molar-refractivity contribution in [1.82, 2.24) is 0 Å². The van der Waals surface area contributed by atoms with E-state index in [9.17, 15) is 14.4 Å². The molecule has 3 rings (SSSR count). The van der Waals surface area contributed by atoms with Gasteiger partial charge in [-0.05, 0) is 36.4 Å². The summed E-state index contributed by atoms with van der Waals surface area (Å²) in [6.45, 7) is 1.11. The van der Waals surface area contributed by atoms with E-state index < -0.39 is 17.9 Å². The molecule has 0 aliphatic carbocycles. The van der Waals surface area contributed by atoms with Crippen molar-refractivity contribution >= 4 is 41.0 Å². The molecule has 0 radical (unpaired) electrons. The van der Waals surface area contributed by atoms with Gasteiger partial charge in [0.25, 0.3) is 0 Å². The third-order valence-corrected chi connectivity index (χ3v) is 4.17. The first-order chi connectivity index (χ1) is 17.2. The minimum atomic E-state index is -1.11. The van der Waals surface area contributed by atoms with E-state index in [0.717, 1.165) is 11.0 Å². The largest absolute Gasteiger partial charge is 0.507 e. The van der Waals surface area contributed by atoms with Gasteiger partial charge in [0, 0.05) is 0 Å². The lowest BCUT2D eigenvalue weighted by Crippen LogP contribution is -2.36. The minimum Gasteiger partial charge on any atom is -0.507 e. The van der Waals surface area contributed by atoms with Crippen molar-refractivity contribution in [2.24, 2.45) is 0 Å². The first kappa shape index (κ1) is 36.3. The summed E-state index contributed by atoms with van der Waals surface area (Å²) in [5, 5.41) is 60.3. The van der Waals surface area contributed by atoms with Crippen LogP contribution < -0.4 is 0 Å². The van der Waals surface area contributed by atoms with Crippen LogP contribution in [-0.4, -0.2) is 115 Å². The number of aromatic hydroxyl groups is 3. The molecule has 0 aliphatic heterocycles. The highest BCUT2D eigenvalue weighted by molar-refractivity contribution is 5.91. The number of nitrogens with zero attached hydrogens (tertiary/aromatic N) is 1. The SMILES string of the molecule is C[N+](C)(C)CCO.O=C(O)c1ccccc1O.O=C(O)c1ccccc1O.O=C(O)c1ccccc1O.[MgH2]. The van der Waals surface area contributed by atoms with E-state index >= 15 is 0 Å². The van der Waals surface area contributed by atoms with Gasteiger partial charge in [0.15, 0.2) is 0 Å². The number of likely N-dealkylation sites (N-methyl/N-ethyl adjacent to an activating group) is 1. The van der Waals surface area contributed by atoms with E-state index in [0.29, 0.717) is 0 Å². The molecule has 0 spiro atoms. The molecule has 0 fully saturated rings. The lowest BCUT2D eigenvalue weighted by molar-refractivity contribution is -0.870. The van der Waals surface area contributed by atoms with E-state index in [1.807, 2.05) is 0 Å². The van der Waals surface area contributed by atoms with Crippen LogP contribution in [-0.2, 0) is 0 Å². The number of aliphatic hydroxyl groups is 1. The highest BCUT2D eigenvalue weighted by Crippen LogP contribution is 2.15. The molecule has 11 nitrogen and oxygen atoms in total. The average molecular weight is 545 g/mol. The molecular formula is C26H34MgNO10+. The van der Waals surface area contributed by atoms with Crippen molar-refractivity contribution in [3.63, 3.8) is 0 Å². The summed E-state index contributed by atoms with van der Waals surface area (Å²) in [5.74, 6) is -3.94. The molecular weight excluding hydrogens is 511 g/mol. The van der Waals surface area contributed by atoms with Gasteiger partial charge >= 0.3 is 41.0 Å². The van der Waals surface area contributed by atoms with Crippen molar-refractivity contribution in [3.05, 3.63) is 89.5 Å². The molecule has 204 valence electrons. The third kappa shape index (κ3) is 15.3. The topological polar surface area (TPSA) is 193 Å². The van der Waals surface area contributed by atoms with E-state index in [1.54, 1.807) is 36.4 Å². The Labute approximate surface area is 236 Å². The van der Waals surface area contributed by atoms with Crippen LogP contribution in [0.1, 0.15) is 31.1 Å². The predicted molar refractivity (Wildman–Crippen MR) is 144 cm³/mol. The summed E-state index contributed by atoms with van der Waals surface area (Å²) in [4.78, 5) is 30.8. The lowest BCUT2D eigenvalue weighted by Gasteiger charge is -2.21. The smallest absolute Gasteiger partial charge is 0.339 e. The van der Waals surface area contributed by atoms with E-state index in [4.69, 9.17) is 35.7 Å². The van der Waals surface area contributed by atoms with Crippen LogP contribution in [0.2, 0.25) is 0 Å². The zero-order valence-corrected chi connectivity index (χ0v) is 20.6. The van der Waals surface area contributed by atoms with Crippen LogP contribution in [0, 0.1) is 0 Å². The van der Waals surface area contributed by atoms with Gasteiger partial charge in [-0.25, -0.2) is 14.4 Å². The van der Waals surface area contributed by atoms with Crippen LogP contribution in [0.5, 0.6) is 17.2 Å². The summed E-state index contributed by atoms with van der Waals surface area (Å²) < 4.78 is 0.844. The standard InChI is InChI=1S/3C7H6O3.C5H14NO.Mg.2H/c3*8-6-4-2-1-3-5(6)7(9)10;1-6(2,3)4-5-7;;;/h3*1-4,8H,(H,9,10);7H,4-5H2,1-3H3;;;/q;;;+1;;;. The van der Waals surface area contributed by atoms with Gasteiger partial charge in [-0.2, -0.15) is 0 Å². The quantitative estimate of drug-likeness (QED) is 0.184. The molecule has 0 aliphatic rings. The Kier molecular flexibility index (Phi) is 17.6. The monoisotopic (exact) mass is 544 g/mol. The second kappa shape index (κ2) is 18.4. The molecule has 0 heterocycles. The van der Waals surface area contributed by atoms with E-state index in [-0.39, 0.29) is 63.6 Å². The Morgan fingerprint density at radius 2 is 0.816 bits per heavy atom. The fraction of sp³-hybridized carbons (Fsp3) is 0.192. The maximum absolute atomic E-state index is 10.3. The van der Waals surface area contributed by atoms with E-state index in [2.05, 4.69) is 21.1 Å². The molecule has 3 aromatic carbocycles. The molecule has 3 aromatic rings. The number of hydrogen-bond donors (Lipinski definition) is 7. The van der Waals surface area contributed by atoms with Crippen molar-refractivity contribution in [1.29, 1.82) is 0 Å². The summed E-state index contributed by atoms with van der Waals surface area (Å²) in [5.41, 5.74) is -0.201. The Hall–Kier alpha value is -3.84. The van der Waals surface area contributed by atoms with Gasteiger partial charge in [-0.1, -0.05) is 36.4 Å². The molecule has 0 amide bonds. The molecule has 0 atom stereocenters. The zero-order chi connectivity index (χ0) is 28.6. The van der Waals surface area contributed by atoms with Crippen molar-refractivity contribution in [2.75, 3.05) is 34.3 Å². The highest BCUT2D eigenvalue weighted by atomic mass is 24.3. The molecule has 12 heteroatoms.